The zero-order valence-corrected chi connectivity index (χ0v) is 62.0. The van der Waals surface area contributed by atoms with Crippen LogP contribution in [-0.2, 0) is 14.3 Å². The highest BCUT2D eigenvalue weighted by atomic mass is 16.7. The molecule has 0 bridgehead atoms. The Morgan fingerprint density at radius 2 is 0.559 bits per heavy atom. The van der Waals surface area contributed by atoms with Crippen molar-refractivity contribution in [3.63, 3.8) is 0 Å². The van der Waals surface area contributed by atoms with Crippen LogP contribution in [0.2, 0.25) is 0 Å². The summed E-state index contributed by atoms with van der Waals surface area (Å²) < 4.78 is 11.2. The molecule has 1 fully saturated rings. The van der Waals surface area contributed by atoms with Crippen molar-refractivity contribution in [1.29, 1.82) is 0 Å². The number of carbonyl (C=O) groups excluding carboxylic acids is 1. The predicted octanol–water partition coefficient (Wildman–Crippen LogP) is 21.9. The van der Waals surface area contributed by atoms with Gasteiger partial charge in [-0.1, -0.05) is 438 Å². The van der Waals surface area contributed by atoms with Crippen molar-refractivity contribution < 1.29 is 50.0 Å². The summed E-state index contributed by atoms with van der Waals surface area (Å²) in [7, 11) is 0. The fraction of sp³-hybridized carbons (Fsp3) is 0.988. The van der Waals surface area contributed by atoms with E-state index >= 15 is 0 Å². The molecule has 1 amide bonds. The predicted molar refractivity (Wildman–Crippen MR) is 395 cm³/mol. The Balaban J connectivity index is 2.08. The average molecular weight is 1320 g/mol. The summed E-state index contributed by atoms with van der Waals surface area (Å²) in [5.74, 6) is -0.684. The summed E-state index contributed by atoms with van der Waals surface area (Å²) in [6, 6.07) is -1.17. The van der Waals surface area contributed by atoms with Gasteiger partial charge < -0.3 is 50.5 Å². The number of rotatable bonds is 76. The Morgan fingerprint density at radius 1 is 0.333 bits per heavy atom. The standard InChI is InChI=1S/C82H163NO10/c1-3-5-7-9-11-13-15-17-19-21-23-25-27-29-31-33-34-35-36-37-38-39-40-41-42-44-46-48-50-52-54-56-58-60-62-64-66-68-70-75(86)81(91)83-73(72-92-82-80(90)79(89)78(88)76(71-84)93-82)77(87)74(85)69-67-65-63-61-59-57-55-53-51-49-47-45-43-32-30-28-26-24-22-20-18-16-14-12-10-8-6-4-2/h73-80,82,84-90H,3-72H2,1-2H3,(H,83,91). The molecule has 1 rings (SSSR count). The first-order valence-electron chi connectivity index (χ1n) is 41.9. The molecule has 93 heavy (non-hydrogen) atoms. The zero-order chi connectivity index (χ0) is 67.4. The molecule has 0 aromatic rings. The van der Waals surface area contributed by atoms with Crippen LogP contribution in [0.25, 0.3) is 0 Å². The number of nitrogens with one attached hydrogen (secondary N) is 1. The van der Waals surface area contributed by atoms with E-state index in [1.807, 2.05) is 0 Å². The number of aliphatic hydroxyl groups is 7. The number of carbonyl (C=O) groups is 1. The molecule has 0 aliphatic carbocycles. The molecule has 11 heteroatoms. The van der Waals surface area contributed by atoms with Crippen LogP contribution in [-0.4, -0.2) is 110 Å². The Labute approximate surface area is 577 Å². The van der Waals surface area contributed by atoms with Crippen LogP contribution >= 0.6 is 0 Å². The highest BCUT2D eigenvalue weighted by Gasteiger charge is 2.44. The highest BCUT2D eigenvalue weighted by molar-refractivity contribution is 5.80. The summed E-state index contributed by atoms with van der Waals surface area (Å²) in [6.07, 6.45) is 78.1. The molecule has 0 aromatic carbocycles. The lowest BCUT2D eigenvalue weighted by atomic mass is 9.98. The minimum atomic E-state index is -1.66. The maximum absolute atomic E-state index is 13.3. The maximum atomic E-state index is 13.3. The fourth-order valence-electron chi connectivity index (χ4n) is 14.3. The van der Waals surface area contributed by atoms with Crippen LogP contribution in [0, 0.1) is 0 Å². The quantitative estimate of drug-likeness (QED) is 0.0272. The summed E-state index contributed by atoms with van der Waals surface area (Å²) in [5.41, 5.74) is 0. The van der Waals surface area contributed by atoms with E-state index in [0.717, 1.165) is 38.5 Å². The van der Waals surface area contributed by atoms with Crippen molar-refractivity contribution in [3.8, 4) is 0 Å². The first kappa shape index (κ1) is 90.1. The van der Waals surface area contributed by atoms with E-state index in [1.165, 1.54) is 372 Å². The van der Waals surface area contributed by atoms with Gasteiger partial charge in [0.1, 0.15) is 36.6 Å². The molecule has 0 saturated carbocycles. The average Bonchev–Trinajstić information content (AvgIpc) is 1.03. The first-order chi connectivity index (χ1) is 45.7. The van der Waals surface area contributed by atoms with E-state index in [4.69, 9.17) is 9.47 Å². The minimum absolute atomic E-state index is 0.268. The molecule has 8 N–H and O–H groups in total. The molecule has 9 unspecified atom stereocenters. The molecule has 0 aromatic heterocycles. The van der Waals surface area contributed by atoms with Crippen molar-refractivity contribution in [2.24, 2.45) is 0 Å². The molecule has 0 spiro atoms. The topological polar surface area (TPSA) is 189 Å². The number of amides is 1. The van der Waals surface area contributed by atoms with Gasteiger partial charge in [-0.15, -0.1) is 0 Å². The van der Waals surface area contributed by atoms with Gasteiger partial charge in [-0.3, -0.25) is 4.79 Å². The SMILES string of the molecule is CCCCCCCCCCCCCCCCCCCCCCCCCCCCCCCCCCCCCCCCC(O)C(=O)NC(COC1OC(CO)C(O)C(O)C1O)C(O)C(O)CCCCCCCCCCCCCCCCCCCCCCCCCCCCCC. The van der Waals surface area contributed by atoms with E-state index in [-0.39, 0.29) is 6.42 Å². The highest BCUT2D eigenvalue weighted by Crippen LogP contribution is 2.25. The van der Waals surface area contributed by atoms with Crippen molar-refractivity contribution in [2.75, 3.05) is 13.2 Å². The van der Waals surface area contributed by atoms with Crippen molar-refractivity contribution in [3.05, 3.63) is 0 Å². The van der Waals surface area contributed by atoms with E-state index in [0.29, 0.717) is 19.3 Å². The molecule has 1 saturated heterocycles. The van der Waals surface area contributed by atoms with Crippen LogP contribution < -0.4 is 5.32 Å². The van der Waals surface area contributed by atoms with Crippen molar-refractivity contribution in [2.45, 2.75) is 506 Å². The lowest BCUT2D eigenvalue weighted by molar-refractivity contribution is -0.303. The van der Waals surface area contributed by atoms with E-state index in [1.54, 1.807) is 0 Å². The molecular formula is C82H163NO10. The van der Waals surface area contributed by atoms with Gasteiger partial charge in [0.2, 0.25) is 5.91 Å². The van der Waals surface area contributed by atoms with Crippen molar-refractivity contribution in [1.82, 2.24) is 5.32 Å². The van der Waals surface area contributed by atoms with Gasteiger partial charge in [0.05, 0.1) is 25.4 Å². The van der Waals surface area contributed by atoms with E-state index in [9.17, 15) is 40.5 Å². The molecule has 1 aliphatic heterocycles. The normalized spacial score (nSPS) is 18.1. The Hall–Kier alpha value is -0.890. The fourth-order valence-corrected chi connectivity index (χ4v) is 14.3. The van der Waals surface area contributed by atoms with E-state index < -0.39 is 74.2 Å². The summed E-state index contributed by atoms with van der Waals surface area (Å²) in [6.45, 7) is 3.55. The Morgan fingerprint density at radius 3 is 0.796 bits per heavy atom. The van der Waals surface area contributed by atoms with Crippen LogP contribution in [0.4, 0.5) is 0 Å². The molecular weight excluding hydrogens is 1160 g/mol. The minimum Gasteiger partial charge on any atom is -0.394 e. The number of ether oxygens (including phenoxy) is 2. The van der Waals surface area contributed by atoms with Gasteiger partial charge >= 0.3 is 0 Å². The smallest absolute Gasteiger partial charge is 0.249 e. The monoisotopic (exact) mass is 1320 g/mol. The first-order valence-corrected chi connectivity index (χ1v) is 41.9. The van der Waals surface area contributed by atoms with Gasteiger partial charge in [0, 0.05) is 0 Å². The zero-order valence-electron chi connectivity index (χ0n) is 62.0. The molecule has 0 radical (unpaired) electrons. The van der Waals surface area contributed by atoms with Gasteiger partial charge in [-0.05, 0) is 12.8 Å². The lowest BCUT2D eigenvalue weighted by Gasteiger charge is -2.40. The van der Waals surface area contributed by atoms with E-state index in [2.05, 4.69) is 19.2 Å². The second kappa shape index (κ2) is 71.0. The number of hydrogen-bond donors (Lipinski definition) is 8. The molecule has 11 nitrogen and oxygen atoms in total. The van der Waals surface area contributed by atoms with Crippen LogP contribution in [0.1, 0.15) is 450 Å². The molecule has 1 heterocycles. The van der Waals surface area contributed by atoms with Gasteiger partial charge in [-0.2, -0.15) is 0 Å². The third-order valence-corrected chi connectivity index (χ3v) is 20.9. The summed E-state index contributed by atoms with van der Waals surface area (Å²) in [5, 5.41) is 76.8. The second-order valence-electron chi connectivity index (χ2n) is 29.9. The third kappa shape index (κ3) is 57.6. The molecule has 556 valence electrons. The number of hydrogen-bond acceptors (Lipinski definition) is 10. The van der Waals surface area contributed by atoms with Crippen molar-refractivity contribution >= 4 is 5.91 Å². The van der Waals surface area contributed by atoms with Crippen LogP contribution in [0.3, 0.4) is 0 Å². The second-order valence-corrected chi connectivity index (χ2v) is 29.9. The Kier molecular flexibility index (Phi) is 68.8. The lowest BCUT2D eigenvalue weighted by Crippen LogP contribution is -2.60. The van der Waals surface area contributed by atoms with Gasteiger partial charge in [-0.25, -0.2) is 0 Å². The summed E-state index contributed by atoms with van der Waals surface area (Å²) in [4.78, 5) is 13.3. The summed E-state index contributed by atoms with van der Waals surface area (Å²) >= 11 is 0. The van der Waals surface area contributed by atoms with Gasteiger partial charge in [0.25, 0.3) is 0 Å². The van der Waals surface area contributed by atoms with Gasteiger partial charge in [0.15, 0.2) is 6.29 Å². The number of unbranched alkanes of at least 4 members (excludes halogenated alkanes) is 64. The Bertz CT molecular complexity index is 1470. The largest absolute Gasteiger partial charge is 0.394 e. The maximum Gasteiger partial charge on any atom is 0.249 e. The molecule has 1 aliphatic rings. The number of aliphatic hydroxyl groups excluding tert-OH is 7. The van der Waals surface area contributed by atoms with Crippen LogP contribution in [0.5, 0.6) is 0 Å². The van der Waals surface area contributed by atoms with Crippen LogP contribution in [0.15, 0.2) is 0 Å². The molecule has 9 atom stereocenters. The third-order valence-electron chi connectivity index (χ3n) is 20.9.